The first kappa shape index (κ1) is 39.3. The van der Waals surface area contributed by atoms with Gasteiger partial charge in [0.2, 0.25) is 0 Å². The first-order valence-electron chi connectivity index (χ1n) is 22.6. The Balaban J connectivity index is 1.06. The summed E-state index contributed by atoms with van der Waals surface area (Å²) in [6, 6.07) is 95.3. The molecule has 0 unspecified atom stereocenters. The molecule has 0 aliphatic heterocycles. The highest BCUT2D eigenvalue weighted by Gasteiger charge is 2.25. The summed E-state index contributed by atoms with van der Waals surface area (Å²) in [4.78, 5) is 2.50. The van der Waals surface area contributed by atoms with Gasteiger partial charge in [-0.25, -0.2) is 0 Å². The third-order valence-electron chi connectivity index (χ3n) is 12.9. The van der Waals surface area contributed by atoms with Crippen molar-refractivity contribution in [1.82, 2.24) is 0 Å². The summed E-state index contributed by atoms with van der Waals surface area (Å²) in [5.74, 6) is 0. The summed E-state index contributed by atoms with van der Waals surface area (Å²) >= 11 is 1.88. The fraction of sp³-hybridized carbons (Fsp3) is 0. The Bertz CT molecular complexity index is 3680. The zero-order chi connectivity index (χ0) is 43.8. The normalized spacial score (nSPS) is 11.3. The zero-order valence-corrected chi connectivity index (χ0v) is 37.0. The number of hydrogen-bond acceptors (Lipinski definition) is 2. The van der Waals surface area contributed by atoms with E-state index < -0.39 is 0 Å². The van der Waals surface area contributed by atoms with Crippen LogP contribution in [0.15, 0.2) is 261 Å². The van der Waals surface area contributed by atoms with E-state index in [4.69, 9.17) is 0 Å². The molecule has 11 aromatic carbocycles. The molecule has 0 spiro atoms. The zero-order valence-electron chi connectivity index (χ0n) is 36.2. The fourth-order valence-corrected chi connectivity index (χ4v) is 11.0. The third-order valence-corrected chi connectivity index (χ3v) is 14.1. The Morgan fingerprint density at radius 3 is 1.53 bits per heavy atom. The van der Waals surface area contributed by atoms with Gasteiger partial charge in [0.05, 0.1) is 11.4 Å². The molecule has 310 valence electrons. The van der Waals surface area contributed by atoms with Crippen molar-refractivity contribution in [2.75, 3.05) is 4.90 Å². The largest absolute Gasteiger partial charge is 0.309 e. The van der Waals surface area contributed by atoms with Crippen LogP contribution in [0, 0.1) is 0 Å². The Hall–Kier alpha value is -8.30. The molecule has 0 atom stereocenters. The van der Waals surface area contributed by atoms with E-state index in [0.717, 1.165) is 17.1 Å². The number of fused-ring (bicyclic) bond motifs is 4. The smallest absolute Gasteiger partial charge is 0.0546 e. The van der Waals surface area contributed by atoms with Gasteiger partial charge in [-0.2, -0.15) is 0 Å². The lowest BCUT2D eigenvalue weighted by atomic mass is 9.87. The van der Waals surface area contributed by atoms with Crippen LogP contribution in [0.1, 0.15) is 0 Å². The minimum absolute atomic E-state index is 1.08. The number of rotatable bonds is 9. The van der Waals surface area contributed by atoms with Crippen LogP contribution in [-0.4, -0.2) is 0 Å². The van der Waals surface area contributed by atoms with Crippen LogP contribution in [0.2, 0.25) is 0 Å². The second-order valence-corrected chi connectivity index (χ2v) is 17.8. The highest BCUT2D eigenvalue weighted by molar-refractivity contribution is 7.26. The summed E-state index contributed by atoms with van der Waals surface area (Å²) in [5, 5.41) is 5.09. The van der Waals surface area contributed by atoms with Gasteiger partial charge in [0, 0.05) is 42.6 Å². The first-order chi connectivity index (χ1) is 32.7. The van der Waals surface area contributed by atoms with E-state index >= 15 is 0 Å². The molecule has 0 amide bonds. The van der Waals surface area contributed by atoms with Crippen molar-refractivity contribution in [3.05, 3.63) is 261 Å². The molecule has 0 aliphatic rings. The third kappa shape index (κ3) is 7.15. The molecule has 1 aromatic heterocycles. The Morgan fingerprint density at radius 1 is 0.273 bits per heavy atom. The summed E-state index contributed by atoms with van der Waals surface area (Å²) in [6.45, 7) is 0. The molecule has 1 nitrogen and oxygen atoms in total. The van der Waals surface area contributed by atoms with Crippen LogP contribution in [-0.2, 0) is 0 Å². The van der Waals surface area contributed by atoms with E-state index in [1.807, 2.05) is 11.3 Å². The van der Waals surface area contributed by atoms with Gasteiger partial charge >= 0.3 is 0 Å². The molecule has 0 fully saturated rings. The van der Waals surface area contributed by atoms with E-state index in [2.05, 4.69) is 266 Å². The van der Waals surface area contributed by atoms with Crippen molar-refractivity contribution in [3.63, 3.8) is 0 Å². The number of nitrogens with zero attached hydrogens (tertiary/aromatic N) is 1. The van der Waals surface area contributed by atoms with Crippen molar-refractivity contribution >= 4 is 59.3 Å². The first-order valence-corrected chi connectivity index (χ1v) is 23.4. The molecule has 2 heteroatoms. The van der Waals surface area contributed by atoms with Crippen LogP contribution in [0.25, 0.3) is 97.7 Å². The quantitative estimate of drug-likeness (QED) is 0.140. The standard InChI is InChI=1S/C64H43NS/c1-3-18-48(19-4-1)53-23-9-10-26-57(53)63-54(49-20-5-2-6-21-49)27-16-31-61(63)65(60-30-13-11-24-55(60)58-28-15-29-59-56-25-12-14-32-62(56)66-64(58)59)52-41-39-46(40-42-52)45-33-35-47(36-34-45)51-38-37-44-17-7-8-22-50(44)43-51/h1-43H. The minimum atomic E-state index is 1.08. The van der Waals surface area contributed by atoms with Gasteiger partial charge in [-0.05, 0) is 97.2 Å². The summed E-state index contributed by atoms with van der Waals surface area (Å²) in [7, 11) is 0. The molecule has 66 heavy (non-hydrogen) atoms. The lowest BCUT2D eigenvalue weighted by molar-refractivity contribution is 1.28. The molecule has 0 bridgehead atoms. The van der Waals surface area contributed by atoms with Gasteiger partial charge in [-0.1, -0.05) is 224 Å². The highest BCUT2D eigenvalue weighted by Crippen LogP contribution is 2.51. The van der Waals surface area contributed by atoms with Gasteiger partial charge in [0.25, 0.3) is 0 Å². The SMILES string of the molecule is c1ccc(-c2ccccc2-c2c(-c3ccccc3)cccc2N(c2ccc(-c3ccc(-c4ccc5ccccc5c4)cc3)cc2)c2ccccc2-c2cccc3c2sc2ccccc23)cc1. The summed E-state index contributed by atoms with van der Waals surface area (Å²) in [5.41, 5.74) is 17.5. The summed E-state index contributed by atoms with van der Waals surface area (Å²) in [6.07, 6.45) is 0. The molecule has 0 radical (unpaired) electrons. The van der Waals surface area contributed by atoms with Gasteiger partial charge in [0.15, 0.2) is 0 Å². The molecule has 0 saturated heterocycles. The van der Waals surface area contributed by atoms with Gasteiger partial charge < -0.3 is 4.90 Å². The maximum absolute atomic E-state index is 2.50. The molecular weight excluding hydrogens is 815 g/mol. The molecule has 12 rings (SSSR count). The van der Waals surface area contributed by atoms with Crippen LogP contribution in [0.4, 0.5) is 17.1 Å². The second kappa shape index (κ2) is 17.0. The predicted molar refractivity (Wildman–Crippen MR) is 284 cm³/mol. The minimum Gasteiger partial charge on any atom is -0.309 e. The molecule has 12 aromatic rings. The molecule has 0 saturated carbocycles. The monoisotopic (exact) mass is 857 g/mol. The second-order valence-electron chi connectivity index (χ2n) is 16.8. The van der Waals surface area contributed by atoms with Crippen molar-refractivity contribution in [3.8, 4) is 66.8 Å². The van der Waals surface area contributed by atoms with E-state index in [9.17, 15) is 0 Å². The Labute approximate surface area is 389 Å². The van der Waals surface area contributed by atoms with Crippen LogP contribution in [0.5, 0.6) is 0 Å². The average Bonchev–Trinajstić information content (AvgIpc) is 3.79. The van der Waals surface area contributed by atoms with Gasteiger partial charge in [-0.3, -0.25) is 0 Å². The molecular formula is C64H43NS. The number of para-hydroxylation sites is 1. The van der Waals surface area contributed by atoms with Crippen LogP contribution >= 0.6 is 11.3 Å². The summed E-state index contributed by atoms with van der Waals surface area (Å²) < 4.78 is 2.59. The Kier molecular flexibility index (Phi) is 10.1. The Morgan fingerprint density at radius 2 is 0.773 bits per heavy atom. The number of hydrogen-bond donors (Lipinski definition) is 0. The van der Waals surface area contributed by atoms with E-state index in [1.54, 1.807) is 0 Å². The number of benzene rings is 11. The fourth-order valence-electron chi connectivity index (χ4n) is 9.73. The predicted octanol–water partition coefficient (Wildman–Crippen LogP) is 18.7. The topological polar surface area (TPSA) is 3.24 Å². The van der Waals surface area contributed by atoms with E-state index in [1.165, 1.54) is 97.7 Å². The molecule has 0 aliphatic carbocycles. The van der Waals surface area contributed by atoms with Crippen LogP contribution < -0.4 is 4.90 Å². The van der Waals surface area contributed by atoms with Crippen molar-refractivity contribution in [1.29, 1.82) is 0 Å². The van der Waals surface area contributed by atoms with E-state index in [-0.39, 0.29) is 0 Å². The van der Waals surface area contributed by atoms with Gasteiger partial charge in [0.1, 0.15) is 0 Å². The van der Waals surface area contributed by atoms with Gasteiger partial charge in [-0.15, -0.1) is 11.3 Å². The number of thiophene rings is 1. The van der Waals surface area contributed by atoms with Crippen molar-refractivity contribution < 1.29 is 0 Å². The van der Waals surface area contributed by atoms with Crippen molar-refractivity contribution in [2.45, 2.75) is 0 Å². The highest BCUT2D eigenvalue weighted by atomic mass is 32.1. The van der Waals surface area contributed by atoms with Crippen molar-refractivity contribution in [2.24, 2.45) is 0 Å². The number of anilines is 3. The maximum atomic E-state index is 2.50. The lowest BCUT2D eigenvalue weighted by Crippen LogP contribution is -2.13. The van der Waals surface area contributed by atoms with E-state index in [0.29, 0.717) is 0 Å². The van der Waals surface area contributed by atoms with Crippen LogP contribution in [0.3, 0.4) is 0 Å². The lowest BCUT2D eigenvalue weighted by Gasteiger charge is -2.31. The molecule has 0 N–H and O–H groups in total. The average molecular weight is 858 g/mol. The molecule has 1 heterocycles. The maximum Gasteiger partial charge on any atom is 0.0546 e.